The Kier molecular flexibility index (Phi) is 5.17. The van der Waals surface area contributed by atoms with Crippen molar-refractivity contribution in [2.24, 2.45) is 5.16 Å². The summed E-state index contributed by atoms with van der Waals surface area (Å²) in [5.74, 6) is -0.617. The molecule has 128 valence electrons. The number of rotatable bonds is 5. The summed E-state index contributed by atoms with van der Waals surface area (Å²) in [4.78, 5) is 21.6. The van der Waals surface area contributed by atoms with Crippen LogP contribution in [0.4, 0.5) is 5.69 Å². The van der Waals surface area contributed by atoms with Crippen molar-refractivity contribution in [3.8, 4) is 0 Å². The molecule has 0 saturated carbocycles. The van der Waals surface area contributed by atoms with Gasteiger partial charge in [0.2, 0.25) is 5.04 Å². The van der Waals surface area contributed by atoms with Crippen LogP contribution < -0.4 is 0 Å². The van der Waals surface area contributed by atoms with Gasteiger partial charge >= 0.3 is 16.0 Å². The number of hydrogen-bond acceptors (Lipinski definition) is 10. The van der Waals surface area contributed by atoms with Crippen LogP contribution in [0.1, 0.15) is 0 Å². The fraction of sp³-hybridized carbons (Fsp3) is 0.182. The van der Waals surface area contributed by atoms with E-state index in [9.17, 15) is 23.3 Å². The van der Waals surface area contributed by atoms with E-state index in [2.05, 4.69) is 9.44 Å². The van der Waals surface area contributed by atoms with Crippen molar-refractivity contribution >= 4 is 55.1 Å². The van der Waals surface area contributed by atoms with Gasteiger partial charge in [-0.05, 0) is 23.9 Å². The third kappa shape index (κ3) is 3.69. The van der Waals surface area contributed by atoms with Gasteiger partial charge in [0.15, 0.2) is 4.32 Å². The van der Waals surface area contributed by atoms with Gasteiger partial charge in [-0.2, -0.15) is 8.42 Å². The molecular weight excluding hydrogens is 380 g/mol. The van der Waals surface area contributed by atoms with Crippen molar-refractivity contribution < 1.29 is 22.4 Å². The molecule has 1 amide bonds. The summed E-state index contributed by atoms with van der Waals surface area (Å²) in [6.07, 6.45) is 0. The normalized spacial score (nSPS) is 17.0. The molecule has 0 atom stereocenters. The molecule has 13 heteroatoms. The first-order chi connectivity index (χ1) is 11.1. The summed E-state index contributed by atoms with van der Waals surface area (Å²) in [6.45, 7) is 0. The molecule has 1 aromatic rings. The van der Waals surface area contributed by atoms with E-state index >= 15 is 0 Å². The third-order valence-corrected chi connectivity index (χ3v) is 5.02. The van der Waals surface area contributed by atoms with Crippen LogP contribution in [0.5, 0.6) is 0 Å². The number of nitrogens with zero attached hydrogens (tertiary/aromatic N) is 4. The van der Waals surface area contributed by atoms with Gasteiger partial charge in [-0.25, -0.2) is 10.0 Å². The number of nitro benzene ring substituents is 1. The lowest BCUT2D eigenvalue weighted by atomic mass is 10.3. The Labute approximate surface area is 146 Å². The molecule has 1 fully saturated rings. The number of hydrazine groups is 1. The first kappa shape index (κ1) is 18.3. The minimum Gasteiger partial charge on any atom is -0.265 e. The molecule has 10 nitrogen and oxygen atoms in total. The van der Waals surface area contributed by atoms with E-state index in [4.69, 9.17) is 12.2 Å². The molecule has 1 heterocycles. The highest BCUT2D eigenvalue weighted by molar-refractivity contribution is 8.35. The summed E-state index contributed by atoms with van der Waals surface area (Å²) in [7, 11) is -1.15. The first-order valence-corrected chi connectivity index (χ1v) is 8.76. The minimum atomic E-state index is -4.32. The molecule has 1 saturated heterocycles. The van der Waals surface area contributed by atoms with Crippen molar-refractivity contribution in [2.45, 2.75) is 4.90 Å². The number of nitro groups is 1. The number of thioether (sulfide) groups is 1. The molecule has 0 bridgehead atoms. The SMILES string of the molecule is CN(C)N1C(=O)/C(=N/OS(=O)(=O)c2ccc([N+](=O)[O-])cc2)SC1=S. The molecule has 1 aromatic carbocycles. The maximum atomic E-state index is 12.0. The Bertz CT molecular complexity index is 834. The highest BCUT2D eigenvalue weighted by Gasteiger charge is 2.36. The maximum absolute atomic E-state index is 12.0. The molecule has 0 spiro atoms. The number of carbonyl (C=O) groups excluding carboxylic acids is 1. The zero-order chi connectivity index (χ0) is 18.1. The van der Waals surface area contributed by atoms with Crippen molar-refractivity contribution in [3.05, 3.63) is 34.4 Å². The van der Waals surface area contributed by atoms with Gasteiger partial charge in [0, 0.05) is 26.2 Å². The van der Waals surface area contributed by atoms with Crippen molar-refractivity contribution in [3.63, 3.8) is 0 Å². The van der Waals surface area contributed by atoms with Crippen molar-refractivity contribution in [1.29, 1.82) is 0 Å². The second-order valence-electron chi connectivity index (χ2n) is 4.51. The predicted molar refractivity (Wildman–Crippen MR) is 89.5 cm³/mol. The number of benzene rings is 1. The van der Waals surface area contributed by atoms with Crippen LogP contribution in [-0.2, 0) is 19.2 Å². The molecule has 1 aliphatic rings. The van der Waals surface area contributed by atoms with E-state index in [-0.39, 0.29) is 19.9 Å². The summed E-state index contributed by atoms with van der Waals surface area (Å²) in [5.41, 5.74) is -0.270. The summed E-state index contributed by atoms with van der Waals surface area (Å²) in [6, 6.07) is 4.05. The molecule has 0 aliphatic carbocycles. The summed E-state index contributed by atoms with van der Waals surface area (Å²) in [5, 5.41) is 16.2. The van der Waals surface area contributed by atoms with E-state index in [0.717, 1.165) is 41.0 Å². The Morgan fingerprint density at radius 1 is 1.33 bits per heavy atom. The Morgan fingerprint density at radius 3 is 2.38 bits per heavy atom. The molecule has 24 heavy (non-hydrogen) atoms. The topological polar surface area (TPSA) is 122 Å². The van der Waals surface area contributed by atoms with Crippen LogP contribution in [0, 0.1) is 10.1 Å². The van der Waals surface area contributed by atoms with Gasteiger partial charge in [-0.1, -0.05) is 17.4 Å². The number of non-ortho nitro benzene ring substituents is 1. The van der Waals surface area contributed by atoms with Crippen LogP contribution >= 0.6 is 24.0 Å². The van der Waals surface area contributed by atoms with Gasteiger partial charge < -0.3 is 0 Å². The number of oxime groups is 1. The third-order valence-electron chi connectivity index (χ3n) is 2.69. The van der Waals surface area contributed by atoms with E-state index in [1.165, 1.54) is 5.01 Å². The lowest BCUT2D eigenvalue weighted by molar-refractivity contribution is -0.384. The van der Waals surface area contributed by atoms with E-state index in [1.807, 2.05) is 0 Å². The highest BCUT2D eigenvalue weighted by Crippen LogP contribution is 2.24. The summed E-state index contributed by atoms with van der Waals surface area (Å²) >= 11 is 5.78. The van der Waals surface area contributed by atoms with Crippen molar-refractivity contribution in [1.82, 2.24) is 10.0 Å². The quantitative estimate of drug-likeness (QED) is 0.411. The number of carbonyl (C=O) groups is 1. The zero-order valence-electron chi connectivity index (χ0n) is 12.3. The Hall–Kier alpha value is -2.09. The van der Waals surface area contributed by atoms with Gasteiger partial charge in [-0.3, -0.25) is 19.2 Å². The Morgan fingerprint density at radius 2 is 1.92 bits per heavy atom. The highest BCUT2D eigenvalue weighted by atomic mass is 32.2. The van der Waals surface area contributed by atoms with Gasteiger partial charge in [-0.15, -0.1) is 0 Å². The van der Waals surface area contributed by atoms with Crippen LogP contribution in [0.15, 0.2) is 34.3 Å². The smallest absolute Gasteiger partial charge is 0.265 e. The van der Waals surface area contributed by atoms with Crippen LogP contribution in [0.2, 0.25) is 0 Å². The van der Waals surface area contributed by atoms with E-state index < -0.39 is 20.9 Å². The first-order valence-electron chi connectivity index (χ1n) is 6.13. The number of hydrogen-bond donors (Lipinski definition) is 0. The molecule has 0 unspecified atom stereocenters. The second kappa shape index (κ2) is 6.80. The largest absolute Gasteiger partial charge is 0.358 e. The average Bonchev–Trinajstić information content (AvgIpc) is 2.79. The lowest BCUT2D eigenvalue weighted by Crippen LogP contribution is -2.41. The fourth-order valence-corrected chi connectivity index (χ4v) is 3.61. The monoisotopic (exact) mass is 390 g/mol. The van der Waals surface area contributed by atoms with Crippen LogP contribution in [-0.4, -0.2) is 52.7 Å². The Balaban J connectivity index is 2.20. The molecule has 1 aliphatic heterocycles. The standard InChI is InChI=1S/C11H10N4O6S3/c1-13(2)14-10(16)9(23-11(14)22)12-21-24(19,20)8-5-3-7(4-6-8)15(17)18/h3-6H,1-2H3/b12-9-. The van der Waals surface area contributed by atoms with Crippen LogP contribution in [0.3, 0.4) is 0 Å². The molecule has 0 N–H and O–H groups in total. The average molecular weight is 390 g/mol. The lowest BCUT2D eigenvalue weighted by Gasteiger charge is -2.21. The van der Waals surface area contributed by atoms with Gasteiger partial charge in [0.25, 0.3) is 5.69 Å². The maximum Gasteiger partial charge on any atom is 0.358 e. The molecular formula is C11H10N4O6S3. The van der Waals surface area contributed by atoms with Gasteiger partial charge in [0.1, 0.15) is 4.90 Å². The number of thiocarbonyl (C=S) groups is 1. The molecule has 2 rings (SSSR count). The zero-order valence-corrected chi connectivity index (χ0v) is 14.7. The predicted octanol–water partition coefficient (Wildman–Crippen LogP) is 0.950. The number of amides is 1. The van der Waals surface area contributed by atoms with E-state index in [1.54, 1.807) is 14.1 Å². The summed E-state index contributed by atoms with van der Waals surface area (Å²) < 4.78 is 28.7. The fourth-order valence-electron chi connectivity index (χ4n) is 1.61. The van der Waals surface area contributed by atoms with Crippen LogP contribution in [0.25, 0.3) is 0 Å². The molecule has 0 aromatic heterocycles. The molecule has 0 radical (unpaired) electrons. The van der Waals surface area contributed by atoms with Gasteiger partial charge in [0.05, 0.1) is 4.92 Å². The van der Waals surface area contributed by atoms with Crippen molar-refractivity contribution in [2.75, 3.05) is 14.1 Å². The minimum absolute atomic E-state index is 0.181. The second-order valence-corrected chi connectivity index (χ2v) is 7.66. The van der Waals surface area contributed by atoms with E-state index in [0.29, 0.717) is 0 Å².